The summed E-state index contributed by atoms with van der Waals surface area (Å²) in [4.78, 5) is 3.19. The number of hydrogen-bond acceptors (Lipinski definition) is 3. The molecule has 21 heavy (non-hydrogen) atoms. The summed E-state index contributed by atoms with van der Waals surface area (Å²) in [5, 5.41) is 0. The van der Waals surface area contributed by atoms with Crippen molar-refractivity contribution >= 4 is 23.3 Å². The Hall–Kier alpha value is -2.27. The fourth-order valence-corrected chi connectivity index (χ4v) is 2.61. The number of hydrogen-bond donors (Lipinski definition) is 1. The third kappa shape index (κ3) is 2.78. The van der Waals surface area contributed by atoms with E-state index in [0.717, 1.165) is 22.5 Å². The topological polar surface area (TPSA) is 39.2 Å². The average molecular weight is 300 g/mol. The fourth-order valence-electron chi connectivity index (χ4n) is 2.32. The fraction of sp³-hybridized carbons (Fsp3) is 0.188. The molecule has 1 heterocycles. The molecule has 0 aliphatic carbocycles. The molecule has 0 fully saturated rings. The van der Waals surface area contributed by atoms with Gasteiger partial charge in [0.15, 0.2) is 4.77 Å². The highest BCUT2D eigenvalue weighted by atomic mass is 32.1. The van der Waals surface area contributed by atoms with Crippen LogP contribution >= 0.6 is 12.2 Å². The molecule has 0 radical (unpaired) electrons. The van der Waals surface area contributed by atoms with Gasteiger partial charge in [0, 0.05) is 0 Å². The van der Waals surface area contributed by atoms with Gasteiger partial charge in [-0.1, -0.05) is 24.3 Å². The van der Waals surface area contributed by atoms with Crippen LogP contribution in [0.25, 0.3) is 11.0 Å². The van der Waals surface area contributed by atoms with Gasteiger partial charge in [-0.2, -0.15) is 0 Å². The van der Waals surface area contributed by atoms with Crippen molar-refractivity contribution < 1.29 is 9.47 Å². The van der Waals surface area contributed by atoms with Crippen molar-refractivity contribution in [3.8, 4) is 11.5 Å². The molecule has 5 heteroatoms. The van der Waals surface area contributed by atoms with Crippen LogP contribution in [0, 0.1) is 4.77 Å². The van der Waals surface area contributed by atoms with Crippen LogP contribution in [-0.2, 0) is 6.54 Å². The highest BCUT2D eigenvalue weighted by molar-refractivity contribution is 7.71. The number of H-pyrrole nitrogens is 1. The van der Waals surface area contributed by atoms with Gasteiger partial charge < -0.3 is 19.0 Å². The molecule has 0 saturated heterocycles. The average Bonchev–Trinajstić information content (AvgIpc) is 2.84. The van der Waals surface area contributed by atoms with Crippen molar-refractivity contribution in [1.29, 1.82) is 0 Å². The van der Waals surface area contributed by atoms with Crippen molar-refractivity contribution in [2.45, 2.75) is 6.54 Å². The molecule has 3 rings (SSSR count). The highest BCUT2D eigenvalue weighted by Crippen LogP contribution is 2.24. The van der Waals surface area contributed by atoms with Gasteiger partial charge in [-0.15, -0.1) is 0 Å². The molecule has 0 saturated carbocycles. The summed E-state index contributed by atoms with van der Waals surface area (Å²) in [5.74, 6) is 1.66. The number of para-hydroxylation sites is 2. The van der Waals surface area contributed by atoms with Gasteiger partial charge in [0.25, 0.3) is 0 Å². The molecule has 0 bridgehead atoms. The zero-order valence-electron chi connectivity index (χ0n) is 11.7. The minimum atomic E-state index is 0.558. The summed E-state index contributed by atoms with van der Waals surface area (Å²) in [5.41, 5.74) is 1.95. The number of ether oxygens (including phenoxy) is 2. The standard InChI is InChI=1S/C16H16N2O2S/c1-19-14-9-5-8-13-15(14)17-16(21)18(13)10-11-20-12-6-3-2-4-7-12/h2-9H,10-11H2,1H3,(H,17,21). The van der Waals surface area contributed by atoms with Gasteiger partial charge in [-0.3, -0.25) is 0 Å². The van der Waals surface area contributed by atoms with E-state index in [1.807, 2.05) is 53.1 Å². The lowest BCUT2D eigenvalue weighted by molar-refractivity contribution is 0.299. The number of aromatic amines is 1. The zero-order chi connectivity index (χ0) is 14.7. The third-order valence-corrected chi connectivity index (χ3v) is 3.64. The van der Waals surface area contributed by atoms with E-state index in [1.165, 1.54) is 0 Å². The third-order valence-electron chi connectivity index (χ3n) is 3.32. The van der Waals surface area contributed by atoms with E-state index in [4.69, 9.17) is 21.7 Å². The Morgan fingerprint density at radius 3 is 2.67 bits per heavy atom. The van der Waals surface area contributed by atoms with Gasteiger partial charge in [0.1, 0.15) is 23.6 Å². The quantitative estimate of drug-likeness (QED) is 0.729. The molecular weight excluding hydrogens is 284 g/mol. The number of nitrogens with zero attached hydrogens (tertiary/aromatic N) is 1. The first-order chi connectivity index (χ1) is 10.3. The van der Waals surface area contributed by atoms with Crippen LogP contribution in [0.15, 0.2) is 48.5 Å². The van der Waals surface area contributed by atoms with Crippen LogP contribution in [0.1, 0.15) is 0 Å². The molecular formula is C16H16N2O2S. The Balaban J connectivity index is 1.81. The zero-order valence-corrected chi connectivity index (χ0v) is 12.5. The number of fused-ring (bicyclic) bond motifs is 1. The largest absolute Gasteiger partial charge is 0.494 e. The molecule has 0 amide bonds. The van der Waals surface area contributed by atoms with Crippen molar-refractivity contribution in [2.75, 3.05) is 13.7 Å². The summed E-state index contributed by atoms with van der Waals surface area (Å²) >= 11 is 5.39. The second-order valence-corrected chi connectivity index (χ2v) is 4.98. The number of nitrogens with one attached hydrogen (secondary N) is 1. The molecule has 0 aliphatic heterocycles. The van der Waals surface area contributed by atoms with E-state index in [9.17, 15) is 0 Å². The maximum atomic E-state index is 5.73. The summed E-state index contributed by atoms with van der Waals surface area (Å²) in [6.07, 6.45) is 0. The maximum absolute atomic E-state index is 5.73. The van der Waals surface area contributed by atoms with E-state index < -0.39 is 0 Å². The first-order valence-electron chi connectivity index (χ1n) is 6.73. The number of imidazole rings is 1. The number of methoxy groups -OCH3 is 1. The lowest BCUT2D eigenvalue weighted by Crippen LogP contribution is -2.08. The maximum Gasteiger partial charge on any atom is 0.178 e. The normalized spacial score (nSPS) is 10.7. The number of aromatic nitrogens is 2. The van der Waals surface area contributed by atoms with E-state index in [0.29, 0.717) is 17.9 Å². The van der Waals surface area contributed by atoms with Gasteiger partial charge >= 0.3 is 0 Å². The van der Waals surface area contributed by atoms with Gasteiger partial charge in [-0.05, 0) is 36.5 Å². The first kappa shape index (κ1) is 13.7. The Morgan fingerprint density at radius 2 is 1.90 bits per heavy atom. The molecule has 1 N–H and O–H groups in total. The minimum Gasteiger partial charge on any atom is -0.494 e. The SMILES string of the molecule is COc1cccc2c1[nH]c(=S)n2CCOc1ccccc1. The molecule has 0 aliphatic rings. The molecule has 4 nitrogen and oxygen atoms in total. The predicted octanol–water partition coefficient (Wildman–Crippen LogP) is 3.79. The number of benzene rings is 2. The van der Waals surface area contributed by atoms with Crippen molar-refractivity contribution in [1.82, 2.24) is 9.55 Å². The van der Waals surface area contributed by atoms with Crippen molar-refractivity contribution in [3.63, 3.8) is 0 Å². The van der Waals surface area contributed by atoms with E-state index in [-0.39, 0.29) is 0 Å². The Kier molecular flexibility index (Phi) is 3.92. The van der Waals surface area contributed by atoms with Crippen molar-refractivity contribution in [3.05, 3.63) is 53.3 Å². The second-order valence-electron chi connectivity index (χ2n) is 4.60. The van der Waals surface area contributed by atoms with Gasteiger partial charge in [-0.25, -0.2) is 0 Å². The van der Waals surface area contributed by atoms with Crippen molar-refractivity contribution in [2.24, 2.45) is 0 Å². The van der Waals surface area contributed by atoms with Crippen LogP contribution in [0.2, 0.25) is 0 Å². The van der Waals surface area contributed by atoms with Gasteiger partial charge in [0.05, 0.1) is 19.2 Å². The summed E-state index contributed by atoms with van der Waals surface area (Å²) in [6.45, 7) is 1.24. The molecule has 0 atom stereocenters. The second kappa shape index (κ2) is 6.01. The van der Waals surface area contributed by atoms with E-state index in [1.54, 1.807) is 7.11 Å². The Morgan fingerprint density at radius 1 is 1.10 bits per heavy atom. The van der Waals surface area contributed by atoms with Crippen LogP contribution in [0.5, 0.6) is 11.5 Å². The minimum absolute atomic E-state index is 0.558. The predicted molar refractivity (Wildman–Crippen MR) is 85.6 cm³/mol. The van der Waals surface area contributed by atoms with Crippen LogP contribution in [0.3, 0.4) is 0 Å². The highest BCUT2D eigenvalue weighted by Gasteiger charge is 2.08. The Labute approximate surface area is 127 Å². The van der Waals surface area contributed by atoms with E-state index in [2.05, 4.69) is 4.98 Å². The molecule has 108 valence electrons. The molecule has 1 aromatic heterocycles. The monoisotopic (exact) mass is 300 g/mol. The molecule has 3 aromatic rings. The molecule has 0 spiro atoms. The number of rotatable bonds is 5. The van der Waals surface area contributed by atoms with Crippen LogP contribution in [-0.4, -0.2) is 23.3 Å². The lowest BCUT2D eigenvalue weighted by Gasteiger charge is -2.08. The first-order valence-corrected chi connectivity index (χ1v) is 7.14. The summed E-state index contributed by atoms with van der Waals surface area (Å²) in [6, 6.07) is 15.7. The van der Waals surface area contributed by atoms with Crippen LogP contribution in [0.4, 0.5) is 0 Å². The summed E-state index contributed by atoms with van der Waals surface area (Å²) < 4.78 is 13.8. The van der Waals surface area contributed by atoms with E-state index >= 15 is 0 Å². The van der Waals surface area contributed by atoms with Gasteiger partial charge in [0.2, 0.25) is 0 Å². The lowest BCUT2D eigenvalue weighted by atomic mass is 10.3. The summed E-state index contributed by atoms with van der Waals surface area (Å²) in [7, 11) is 1.65. The molecule has 0 unspecified atom stereocenters. The Bertz CT molecular complexity index is 793. The van der Waals surface area contributed by atoms with Crippen LogP contribution < -0.4 is 9.47 Å². The smallest absolute Gasteiger partial charge is 0.178 e. The molecule has 2 aromatic carbocycles.